The first kappa shape index (κ1) is 29.0. The third-order valence-electron chi connectivity index (χ3n) is 11.5. The highest BCUT2D eigenvalue weighted by Crippen LogP contribution is 2.46. The first-order chi connectivity index (χ1) is 27.3. The number of rotatable bonds is 3. The second-order valence-electron chi connectivity index (χ2n) is 14.5. The smallest absolute Gasteiger partial charge is 0.136 e. The maximum absolute atomic E-state index is 6.68. The van der Waals surface area contributed by atoms with Crippen molar-refractivity contribution in [3.63, 3.8) is 0 Å². The Kier molecular flexibility index (Phi) is 5.57. The van der Waals surface area contributed by atoms with E-state index in [9.17, 15) is 0 Å². The van der Waals surface area contributed by atoms with Crippen molar-refractivity contribution in [1.29, 1.82) is 0 Å². The third kappa shape index (κ3) is 3.91. The van der Waals surface area contributed by atoms with Crippen LogP contribution in [0.25, 0.3) is 126 Å². The molecule has 0 amide bonds. The highest BCUT2D eigenvalue weighted by atomic mass is 16.3. The van der Waals surface area contributed by atoms with Gasteiger partial charge in [-0.1, -0.05) is 97.1 Å². The summed E-state index contributed by atoms with van der Waals surface area (Å²) in [5.74, 6) is 0. The second kappa shape index (κ2) is 10.6. The van der Waals surface area contributed by atoms with Crippen molar-refractivity contribution in [3.05, 3.63) is 164 Å². The van der Waals surface area contributed by atoms with E-state index in [1.165, 1.54) is 10.8 Å². The van der Waals surface area contributed by atoms with E-state index in [1.54, 1.807) is 0 Å². The minimum atomic E-state index is 0.816. The third-order valence-corrected chi connectivity index (χ3v) is 11.5. The maximum Gasteiger partial charge on any atom is 0.136 e. The van der Waals surface area contributed by atoms with E-state index < -0.39 is 0 Å². The number of furan rings is 1. The summed E-state index contributed by atoms with van der Waals surface area (Å²) in [4.78, 5) is 10.7. The fourth-order valence-corrected chi connectivity index (χ4v) is 9.17. The number of nitrogens with zero attached hydrogens (tertiary/aromatic N) is 3. The second-order valence-corrected chi connectivity index (χ2v) is 14.5. The van der Waals surface area contributed by atoms with E-state index >= 15 is 0 Å². The molecule has 0 radical (unpaired) electrons. The molecule has 0 aliphatic carbocycles. The van der Waals surface area contributed by atoms with E-state index in [4.69, 9.17) is 18.8 Å². The zero-order chi connectivity index (χ0) is 35.8. The molecule has 0 spiro atoms. The fourth-order valence-electron chi connectivity index (χ4n) is 9.17. The molecule has 254 valence electrons. The summed E-state index contributed by atoms with van der Waals surface area (Å²) in [6.07, 6.45) is 0. The molecule has 4 heterocycles. The SMILES string of the molecule is c1ccc2nc(-c3ccc(-n4c5ccc6cccc7oc8cccc9ccc4c(c98)c5c67)c4ccccc34)c(-c3ccc4c(c3)oc3ccccc34)nc2c1. The molecule has 0 saturated carbocycles. The van der Waals surface area contributed by atoms with Crippen LogP contribution in [0.2, 0.25) is 0 Å². The maximum atomic E-state index is 6.68. The van der Waals surface area contributed by atoms with Crippen LogP contribution in [0.5, 0.6) is 0 Å². The molecule has 4 aromatic heterocycles. The monoisotopic (exact) mass is 701 g/mol. The molecule has 5 heteroatoms. The van der Waals surface area contributed by atoms with Crippen molar-refractivity contribution in [2.75, 3.05) is 0 Å². The van der Waals surface area contributed by atoms with Crippen molar-refractivity contribution in [1.82, 2.24) is 14.5 Å². The van der Waals surface area contributed by atoms with Gasteiger partial charge in [0.1, 0.15) is 22.3 Å². The quantitative estimate of drug-likeness (QED) is 0.184. The Morgan fingerprint density at radius 3 is 1.69 bits per heavy atom. The number of aromatic nitrogens is 3. The van der Waals surface area contributed by atoms with Crippen LogP contribution in [0.3, 0.4) is 0 Å². The van der Waals surface area contributed by atoms with Crippen molar-refractivity contribution >= 4 is 98.3 Å². The Labute approximate surface area is 312 Å². The Hall–Kier alpha value is -7.50. The molecule has 0 saturated heterocycles. The zero-order valence-electron chi connectivity index (χ0n) is 29.2. The fraction of sp³-hybridized carbons (Fsp3) is 0. The van der Waals surface area contributed by atoms with Gasteiger partial charge in [0, 0.05) is 48.8 Å². The van der Waals surface area contributed by atoms with Crippen LogP contribution < -0.4 is 0 Å². The van der Waals surface area contributed by atoms with Gasteiger partial charge in [-0.2, -0.15) is 0 Å². The Morgan fingerprint density at radius 1 is 0.382 bits per heavy atom. The van der Waals surface area contributed by atoms with E-state index in [-0.39, 0.29) is 0 Å². The lowest BCUT2D eigenvalue weighted by molar-refractivity contribution is 0.664. The molecule has 0 aliphatic heterocycles. The lowest BCUT2D eigenvalue weighted by Crippen LogP contribution is -1.99. The highest BCUT2D eigenvalue weighted by Gasteiger charge is 2.24. The molecule has 5 nitrogen and oxygen atoms in total. The Bertz CT molecular complexity index is 3630. The van der Waals surface area contributed by atoms with Gasteiger partial charge in [-0.3, -0.25) is 0 Å². The van der Waals surface area contributed by atoms with Gasteiger partial charge >= 0.3 is 0 Å². The molecular weight excluding hydrogens is 675 g/mol. The molecule has 13 rings (SSSR count). The topological polar surface area (TPSA) is 57.0 Å². The minimum Gasteiger partial charge on any atom is -0.456 e. The van der Waals surface area contributed by atoms with Gasteiger partial charge in [0.25, 0.3) is 0 Å². The molecule has 0 aliphatic rings. The molecule has 0 fully saturated rings. The summed E-state index contributed by atoms with van der Waals surface area (Å²) in [7, 11) is 0. The van der Waals surface area contributed by atoms with Gasteiger partial charge in [0.2, 0.25) is 0 Å². The lowest BCUT2D eigenvalue weighted by Gasteiger charge is -2.17. The van der Waals surface area contributed by atoms with Crippen LogP contribution in [0.15, 0.2) is 173 Å². The van der Waals surface area contributed by atoms with Crippen LogP contribution in [0, 0.1) is 0 Å². The Morgan fingerprint density at radius 2 is 0.964 bits per heavy atom. The number of fused-ring (bicyclic) bond motifs is 5. The van der Waals surface area contributed by atoms with Gasteiger partial charge in [0.15, 0.2) is 0 Å². The first-order valence-corrected chi connectivity index (χ1v) is 18.6. The first-order valence-electron chi connectivity index (χ1n) is 18.6. The van der Waals surface area contributed by atoms with E-state index in [1.807, 2.05) is 36.4 Å². The molecule has 0 N–H and O–H groups in total. The number of hydrogen-bond donors (Lipinski definition) is 0. The van der Waals surface area contributed by atoms with Crippen LogP contribution in [-0.4, -0.2) is 14.5 Å². The van der Waals surface area contributed by atoms with Crippen molar-refractivity contribution in [2.24, 2.45) is 0 Å². The van der Waals surface area contributed by atoms with Crippen LogP contribution >= 0.6 is 0 Å². The number of para-hydroxylation sites is 3. The minimum absolute atomic E-state index is 0.816. The van der Waals surface area contributed by atoms with Gasteiger partial charge in [-0.05, 0) is 82.9 Å². The standard InChI is InChI=1S/C50H27N3O2/c1-2-12-32-31(11-1)35(50-49(51-36-14-4-5-15-37(36)52-50)30-19-22-34-33-13-3-6-16-41(33)54-44(34)27-30)23-26-38(32)53-39-24-20-28-9-7-17-42-45(28)47(39)48-40(53)25-21-29-10-8-18-43(55-42)46(29)48/h1-27H. The molecule has 13 aromatic rings. The van der Waals surface area contributed by atoms with Gasteiger partial charge < -0.3 is 13.4 Å². The average molecular weight is 702 g/mol. The normalized spacial score (nSPS) is 12.4. The van der Waals surface area contributed by atoms with Gasteiger partial charge in [-0.15, -0.1) is 0 Å². The largest absolute Gasteiger partial charge is 0.456 e. The van der Waals surface area contributed by atoms with E-state index in [0.29, 0.717) is 0 Å². The molecule has 0 atom stereocenters. The lowest BCUT2D eigenvalue weighted by atomic mass is 9.96. The highest BCUT2D eigenvalue weighted by molar-refractivity contribution is 6.34. The molecular formula is C50H27N3O2. The van der Waals surface area contributed by atoms with Crippen molar-refractivity contribution in [3.8, 4) is 28.2 Å². The number of benzene rings is 9. The van der Waals surface area contributed by atoms with Crippen molar-refractivity contribution < 1.29 is 8.83 Å². The van der Waals surface area contributed by atoms with E-state index in [2.05, 4.69) is 132 Å². The van der Waals surface area contributed by atoms with E-state index in [0.717, 1.165) is 116 Å². The summed E-state index contributed by atoms with van der Waals surface area (Å²) in [5.41, 5.74) is 12.2. The summed E-state index contributed by atoms with van der Waals surface area (Å²) in [5, 5.41) is 11.5. The van der Waals surface area contributed by atoms with Crippen LogP contribution in [-0.2, 0) is 0 Å². The summed E-state index contributed by atoms with van der Waals surface area (Å²) in [6.45, 7) is 0. The number of hydrogen-bond acceptors (Lipinski definition) is 4. The summed E-state index contributed by atoms with van der Waals surface area (Å²) in [6, 6.07) is 57.5. The average Bonchev–Trinajstić information content (AvgIpc) is 3.73. The summed E-state index contributed by atoms with van der Waals surface area (Å²) >= 11 is 0. The predicted molar refractivity (Wildman–Crippen MR) is 226 cm³/mol. The molecule has 0 unspecified atom stereocenters. The van der Waals surface area contributed by atoms with Crippen molar-refractivity contribution in [2.45, 2.75) is 0 Å². The molecule has 0 bridgehead atoms. The zero-order valence-corrected chi connectivity index (χ0v) is 29.2. The van der Waals surface area contributed by atoms with Crippen LogP contribution in [0.1, 0.15) is 0 Å². The molecule has 55 heavy (non-hydrogen) atoms. The van der Waals surface area contributed by atoms with Crippen LogP contribution in [0.4, 0.5) is 0 Å². The van der Waals surface area contributed by atoms with Gasteiger partial charge in [0.05, 0.1) is 39.1 Å². The Balaban J connectivity index is 1.11. The summed E-state index contributed by atoms with van der Waals surface area (Å²) < 4.78 is 15.5. The van der Waals surface area contributed by atoms with Gasteiger partial charge in [-0.25, -0.2) is 9.97 Å². The molecule has 9 aromatic carbocycles. The predicted octanol–water partition coefficient (Wildman–Crippen LogP) is 13.6.